The smallest absolute Gasteiger partial charge is 0.339 e. The Morgan fingerprint density at radius 1 is 1.28 bits per heavy atom. The van der Waals surface area contributed by atoms with Gasteiger partial charge in [-0.1, -0.05) is 12.1 Å². The highest BCUT2D eigenvalue weighted by atomic mass is 32.2. The lowest BCUT2D eigenvalue weighted by Gasteiger charge is -2.15. The van der Waals surface area contributed by atoms with Crippen LogP contribution in [0.1, 0.15) is 27.2 Å². The van der Waals surface area contributed by atoms with Crippen molar-refractivity contribution in [2.24, 2.45) is 0 Å². The van der Waals surface area contributed by atoms with Crippen molar-refractivity contribution in [3.8, 4) is 0 Å². The van der Waals surface area contributed by atoms with Gasteiger partial charge >= 0.3 is 5.97 Å². The molecule has 134 valence electrons. The van der Waals surface area contributed by atoms with Gasteiger partial charge in [0, 0.05) is 12.7 Å². The molecule has 0 bridgehead atoms. The van der Waals surface area contributed by atoms with Crippen LogP contribution < -0.4 is 0 Å². The first-order chi connectivity index (χ1) is 11.9. The van der Waals surface area contributed by atoms with Gasteiger partial charge in [-0.25, -0.2) is 17.6 Å². The van der Waals surface area contributed by atoms with E-state index in [2.05, 4.69) is 9.72 Å². The number of carbonyl (C=O) groups is 1. The number of benzene rings is 1. The lowest BCUT2D eigenvalue weighted by atomic mass is 10.1. The van der Waals surface area contributed by atoms with Crippen LogP contribution in [-0.2, 0) is 28.6 Å². The van der Waals surface area contributed by atoms with Crippen molar-refractivity contribution < 1.29 is 22.3 Å². The summed E-state index contributed by atoms with van der Waals surface area (Å²) < 4.78 is 42.3. The number of methoxy groups -OCH3 is 1. The van der Waals surface area contributed by atoms with Crippen LogP contribution in [0, 0.1) is 12.7 Å². The first-order valence-electron chi connectivity index (χ1n) is 7.58. The number of carbonyl (C=O) groups excluding carboxylic acids is 1. The largest absolute Gasteiger partial charge is 0.465 e. The van der Waals surface area contributed by atoms with Crippen LogP contribution in [0.3, 0.4) is 0 Å². The number of thiol groups is 1. The zero-order chi connectivity index (χ0) is 18.4. The predicted octanol–water partition coefficient (Wildman–Crippen LogP) is 1.89. The summed E-state index contributed by atoms with van der Waals surface area (Å²) in [6.07, 6.45) is 1.73. The molecular weight excluding hydrogens is 347 g/mol. The minimum Gasteiger partial charge on any atom is -0.465 e. The number of hydrogen-bond donors (Lipinski definition) is 1. The molecule has 0 aliphatic carbocycles. The lowest BCUT2D eigenvalue weighted by Crippen LogP contribution is -2.24. The van der Waals surface area contributed by atoms with Crippen molar-refractivity contribution in [2.45, 2.75) is 19.9 Å². The van der Waals surface area contributed by atoms with Crippen molar-refractivity contribution >= 4 is 16.9 Å². The molecule has 0 spiro atoms. The maximum absolute atomic E-state index is 13.6. The third-order valence-corrected chi connectivity index (χ3v) is 4.52. The molecule has 1 aromatic heterocycles. The Labute approximate surface area is 147 Å². The van der Waals surface area contributed by atoms with Crippen molar-refractivity contribution in [1.82, 2.24) is 9.29 Å². The van der Waals surface area contributed by atoms with E-state index in [1.807, 2.05) is 0 Å². The molecule has 0 fully saturated rings. The number of aromatic nitrogens is 1. The second-order valence-electron chi connectivity index (χ2n) is 5.49. The average Bonchev–Trinajstić information content (AvgIpc) is 2.61. The SMILES string of the molecule is COC(=O)c1ccc(CN(CCc2ccc(C)c(F)c2)[SH](=O)=O)nc1. The fraction of sp³-hybridized carbons (Fsp3) is 0.294. The molecule has 0 aliphatic rings. The average molecular weight is 366 g/mol. The standard InChI is InChI=1S/C17H19FN2O4S/c1-12-3-4-13(9-16(12)18)7-8-20(25(22)23)11-15-6-5-14(10-19-15)17(21)24-2/h3-6,9-10,25H,7-8,11H2,1-2H3. The number of aryl methyl sites for hydroxylation is 1. The third kappa shape index (κ3) is 5.33. The topological polar surface area (TPSA) is 76.6 Å². The van der Waals surface area contributed by atoms with E-state index in [0.717, 1.165) is 5.56 Å². The molecule has 0 radical (unpaired) electrons. The summed E-state index contributed by atoms with van der Waals surface area (Å²) in [4.78, 5) is 15.4. The Morgan fingerprint density at radius 3 is 2.60 bits per heavy atom. The molecule has 2 aromatic rings. The van der Waals surface area contributed by atoms with Crippen LogP contribution in [-0.4, -0.2) is 37.3 Å². The summed E-state index contributed by atoms with van der Waals surface area (Å²) in [5.41, 5.74) is 2.06. The first kappa shape index (κ1) is 19.0. The Kier molecular flexibility index (Phi) is 6.60. The second-order valence-corrected chi connectivity index (χ2v) is 6.53. The van der Waals surface area contributed by atoms with Crippen LogP contribution in [0.15, 0.2) is 36.5 Å². The van der Waals surface area contributed by atoms with Crippen molar-refractivity contribution in [3.05, 3.63) is 64.7 Å². The maximum atomic E-state index is 13.6. The number of ether oxygens (including phenoxy) is 1. The van der Waals surface area contributed by atoms with Gasteiger partial charge in [0.25, 0.3) is 0 Å². The van der Waals surface area contributed by atoms with Gasteiger partial charge in [-0.05, 0) is 42.7 Å². The number of rotatable bonds is 7. The van der Waals surface area contributed by atoms with Crippen LogP contribution in [0.5, 0.6) is 0 Å². The van der Waals surface area contributed by atoms with E-state index in [4.69, 9.17) is 0 Å². The summed E-state index contributed by atoms with van der Waals surface area (Å²) in [6, 6.07) is 7.95. The van der Waals surface area contributed by atoms with Gasteiger partial charge in [0.2, 0.25) is 10.9 Å². The fourth-order valence-corrected chi connectivity index (χ4v) is 2.74. The van der Waals surface area contributed by atoms with E-state index in [1.165, 1.54) is 29.7 Å². The molecular formula is C17H19FN2O4S. The summed E-state index contributed by atoms with van der Waals surface area (Å²) in [5, 5.41) is 0. The van der Waals surface area contributed by atoms with Crippen LogP contribution >= 0.6 is 0 Å². The molecule has 2 rings (SSSR count). The fourth-order valence-electron chi connectivity index (χ4n) is 2.21. The molecule has 8 heteroatoms. The van der Waals surface area contributed by atoms with E-state index >= 15 is 0 Å². The minimum absolute atomic E-state index is 0.0779. The molecule has 1 aromatic carbocycles. The molecule has 0 unspecified atom stereocenters. The first-order valence-corrected chi connectivity index (χ1v) is 8.71. The Balaban J connectivity index is 2.03. The molecule has 0 amide bonds. The van der Waals surface area contributed by atoms with Crippen LogP contribution in [0.4, 0.5) is 4.39 Å². The number of halogens is 1. The van der Waals surface area contributed by atoms with Gasteiger partial charge < -0.3 is 4.74 Å². The molecule has 0 saturated carbocycles. The van der Waals surface area contributed by atoms with Gasteiger partial charge in [-0.3, -0.25) is 4.98 Å². The van der Waals surface area contributed by atoms with Crippen LogP contribution in [0.2, 0.25) is 0 Å². The molecule has 0 N–H and O–H groups in total. The summed E-state index contributed by atoms with van der Waals surface area (Å²) in [6.45, 7) is 1.96. The van der Waals surface area contributed by atoms with E-state index in [-0.39, 0.29) is 18.9 Å². The zero-order valence-electron chi connectivity index (χ0n) is 13.9. The molecule has 1 heterocycles. The van der Waals surface area contributed by atoms with E-state index in [1.54, 1.807) is 25.1 Å². The summed E-state index contributed by atoms with van der Waals surface area (Å²) in [7, 11) is -1.54. The summed E-state index contributed by atoms with van der Waals surface area (Å²) >= 11 is 0. The normalized spacial score (nSPS) is 11.1. The number of pyridine rings is 1. The molecule has 0 atom stereocenters. The highest BCUT2D eigenvalue weighted by Gasteiger charge is 2.12. The zero-order valence-corrected chi connectivity index (χ0v) is 14.8. The van der Waals surface area contributed by atoms with E-state index in [0.29, 0.717) is 23.2 Å². The van der Waals surface area contributed by atoms with Gasteiger partial charge in [-0.2, -0.15) is 4.31 Å². The number of nitrogens with zero attached hydrogens (tertiary/aromatic N) is 2. The molecule has 6 nitrogen and oxygen atoms in total. The quantitative estimate of drug-likeness (QED) is 0.598. The Bertz CT molecular complexity index is 814. The Hall–Kier alpha value is -2.32. The lowest BCUT2D eigenvalue weighted by molar-refractivity contribution is 0.0600. The number of hydrogen-bond acceptors (Lipinski definition) is 5. The van der Waals surface area contributed by atoms with Crippen molar-refractivity contribution in [1.29, 1.82) is 0 Å². The van der Waals surface area contributed by atoms with Gasteiger partial charge in [0.15, 0.2) is 0 Å². The van der Waals surface area contributed by atoms with Crippen molar-refractivity contribution in [2.75, 3.05) is 13.7 Å². The Morgan fingerprint density at radius 2 is 2.04 bits per heavy atom. The summed E-state index contributed by atoms with van der Waals surface area (Å²) in [5.74, 6) is -0.817. The maximum Gasteiger partial charge on any atom is 0.339 e. The monoisotopic (exact) mass is 366 g/mol. The molecule has 0 aliphatic heterocycles. The van der Waals surface area contributed by atoms with Gasteiger partial charge in [0.05, 0.1) is 24.9 Å². The second kappa shape index (κ2) is 8.68. The molecule has 25 heavy (non-hydrogen) atoms. The van der Waals surface area contributed by atoms with E-state index < -0.39 is 16.9 Å². The highest BCUT2D eigenvalue weighted by molar-refractivity contribution is 7.69. The number of esters is 1. The highest BCUT2D eigenvalue weighted by Crippen LogP contribution is 2.11. The third-order valence-electron chi connectivity index (χ3n) is 3.72. The minimum atomic E-state index is -2.81. The van der Waals surface area contributed by atoms with Gasteiger partial charge in [-0.15, -0.1) is 0 Å². The van der Waals surface area contributed by atoms with Gasteiger partial charge in [0.1, 0.15) is 5.82 Å². The van der Waals surface area contributed by atoms with Crippen LogP contribution in [0.25, 0.3) is 0 Å². The predicted molar refractivity (Wildman–Crippen MR) is 91.1 cm³/mol. The molecule has 0 saturated heterocycles. The van der Waals surface area contributed by atoms with Crippen molar-refractivity contribution in [3.63, 3.8) is 0 Å². The van der Waals surface area contributed by atoms with E-state index in [9.17, 15) is 17.6 Å².